The van der Waals surface area contributed by atoms with Crippen LogP contribution >= 0.6 is 15.9 Å². The molecule has 21 heavy (non-hydrogen) atoms. The fraction of sp³-hybridized carbons (Fsp3) is 0.333. The van der Waals surface area contributed by atoms with E-state index in [1.165, 1.54) is 0 Å². The SMILES string of the molecule is Cc1cc(Br)c2oc(C(=O)NCC3(C(=O)O)CC3)cc2c1. The molecule has 0 radical (unpaired) electrons. The number of carboxylic acid groups (broad SMARTS) is 1. The number of nitrogens with one attached hydrogen (secondary N) is 1. The molecule has 2 N–H and O–H groups in total. The Hall–Kier alpha value is -1.82. The van der Waals surface area contributed by atoms with Gasteiger partial charge in [-0.3, -0.25) is 9.59 Å². The maximum atomic E-state index is 12.1. The first-order chi connectivity index (χ1) is 9.91. The molecule has 3 rings (SSSR count). The van der Waals surface area contributed by atoms with Gasteiger partial charge >= 0.3 is 5.97 Å². The van der Waals surface area contributed by atoms with Crippen LogP contribution in [0, 0.1) is 12.3 Å². The van der Waals surface area contributed by atoms with Crippen LogP contribution in [0.1, 0.15) is 29.0 Å². The molecule has 0 atom stereocenters. The van der Waals surface area contributed by atoms with Gasteiger partial charge in [-0.05, 0) is 59.5 Å². The average Bonchev–Trinajstić information content (AvgIpc) is 3.09. The van der Waals surface area contributed by atoms with E-state index < -0.39 is 11.4 Å². The van der Waals surface area contributed by atoms with E-state index in [4.69, 9.17) is 9.52 Å². The number of carbonyl (C=O) groups excluding carboxylic acids is 1. The van der Waals surface area contributed by atoms with E-state index in [1.807, 2.05) is 19.1 Å². The van der Waals surface area contributed by atoms with Gasteiger partial charge in [-0.1, -0.05) is 0 Å². The zero-order valence-electron chi connectivity index (χ0n) is 11.4. The predicted molar refractivity (Wildman–Crippen MR) is 80.3 cm³/mol. The first-order valence-corrected chi connectivity index (χ1v) is 7.42. The lowest BCUT2D eigenvalue weighted by Gasteiger charge is -2.09. The topological polar surface area (TPSA) is 79.5 Å². The summed E-state index contributed by atoms with van der Waals surface area (Å²) >= 11 is 3.41. The number of aryl methyl sites for hydroxylation is 1. The minimum absolute atomic E-state index is 0.137. The maximum absolute atomic E-state index is 12.1. The lowest BCUT2D eigenvalue weighted by Crippen LogP contribution is -2.34. The number of aliphatic carboxylic acids is 1. The van der Waals surface area contributed by atoms with Crippen LogP contribution in [-0.2, 0) is 4.79 Å². The van der Waals surface area contributed by atoms with Crippen molar-refractivity contribution in [3.8, 4) is 0 Å². The Morgan fingerprint density at radius 2 is 2.10 bits per heavy atom. The van der Waals surface area contributed by atoms with Gasteiger partial charge in [0, 0.05) is 11.9 Å². The van der Waals surface area contributed by atoms with Gasteiger partial charge in [0.2, 0.25) is 0 Å². The van der Waals surface area contributed by atoms with Crippen LogP contribution < -0.4 is 5.32 Å². The highest BCUT2D eigenvalue weighted by Crippen LogP contribution is 2.45. The van der Waals surface area contributed by atoms with Gasteiger partial charge < -0.3 is 14.8 Å². The van der Waals surface area contributed by atoms with Gasteiger partial charge in [0.05, 0.1) is 9.89 Å². The monoisotopic (exact) mass is 351 g/mol. The van der Waals surface area contributed by atoms with Crippen LogP contribution in [0.5, 0.6) is 0 Å². The molecule has 0 saturated heterocycles. The molecule has 1 aromatic heterocycles. The quantitative estimate of drug-likeness (QED) is 0.886. The summed E-state index contributed by atoms with van der Waals surface area (Å²) in [7, 11) is 0. The summed E-state index contributed by atoms with van der Waals surface area (Å²) in [5.41, 5.74) is 0.897. The Morgan fingerprint density at radius 1 is 1.38 bits per heavy atom. The third-order valence-corrected chi connectivity index (χ3v) is 4.42. The molecule has 1 aliphatic carbocycles. The minimum atomic E-state index is -0.856. The van der Waals surface area contributed by atoms with Crippen molar-refractivity contribution in [2.24, 2.45) is 5.41 Å². The fourth-order valence-corrected chi connectivity index (χ4v) is 2.99. The van der Waals surface area contributed by atoms with Crippen LogP contribution in [0.15, 0.2) is 27.1 Å². The summed E-state index contributed by atoms with van der Waals surface area (Å²) in [5.74, 6) is -1.05. The molecule has 1 saturated carbocycles. The summed E-state index contributed by atoms with van der Waals surface area (Å²) in [6.07, 6.45) is 1.21. The molecule has 0 unspecified atom stereocenters. The summed E-state index contributed by atoms with van der Waals surface area (Å²) in [6, 6.07) is 5.51. The molecule has 6 heteroatoms. The van der Waals surface area contributed by atoms with Crippen molar-refractivity contribution < 1.29 is 19.1 Å². The van der Waals surface area contributed by atoms with Gasteiger partial charge in [-0.2, -0.15) is 0 Å². The van der Waals surface area contributed by atoms with Crippen LogP contribution in [0.3, 0.4) is 0 Å². The summed E-state index contributed by atoms with van der Waals surface area (Å²) < 4.78 is 6.35. The van der Waals surface area contributed by atoms with E-state index in [0.717, 1.165) is 15.4 Å². The highest BCUT2D eigenvalue weighted by molar-refractivity contribution is 9.10. The second-order valence-electron chi connectivity index (χ2n) is 5.54. The third-order valence-electron chi connectivity index (χ3n) is 3.83. The molecule has 1 heterocycles. The normalized spacial score (nSPS) is 15.9. The van der Waals surface area contributed by atoms with E-state index in [2.05, 4.69) is 21.2 Å². The predicted octanol–water partition coefficient (Wildman–Crippen LogP) is 3.10. The number of hydrogen-bond donors (Lipinski definition) is 2. The number of carboxylic acids is 1. The van der Waals surface area contributed by atoms with Crippen LogP contribution in [0.2, 0.25) is 0 Å². The van der Waals surface area contributed by atoms with Gasteiger partial charge in [0.25, 0.3) is 5.91 Å². The largest absolute Gasteiger partial charge is 0.481 e. The first kappa shape index (κ1) is 14.1. The highest BCUT2D eigenvalue weighted by atomic mass is 79.9. The Bertz CT molecular complexity index is 745. The number of halogens is 1. The van der Waals surface area contributed by atoms with Crippen molar-refractivity contribution in [2.45, 2.75) is 19.8 Å². The van der Waals surface area contributed by atoms with Crippen molar-refractivity contribution in [2.75, 3.05) is 6.54 Å². The first-order valence-electron chi connectivity index (χ1n) is 6.63. The maximum Gasteiger partial charge on any atom is 0.311 e. The Morgan fingerprint density at radius 3 is 2.71 bits per heavy atom. The molecule has 1 fully saturated rings. The summed E-state index contributed by atoms with van der Waals surface area (Å²) in [5, 5.41) is 12.6. The molecule has 5 nitrogen and oxygen atoms in total. The third kappa shape index (κ3) is 2.55. The van der Waals surface area contributed by atoms with E-state index in [1.54, 1.807) is 6.07 Å². The Balaban J connectivity index is 1.79. The Kier molecular flexibility index (Phi) is 3.28. The lowest BCUT2D eigenvalue weighted by molar-refractivity contribution is -0.143. The van der Waals surface area contributed by atoms with Gasteiger partial charge in [0.15, 0.2) is 5.76 Å². The van der Waals surface area contributed by atoms with Crippen molar-refractivity contribution in [3.05, 3.63) is 34.0 Å². The number of furan rings is 1. The molecule has 1 aliphatic rings. The van der Waals surface area contributed by atoms with Crippen LogP contribution in [0.25, 0.3) is 11.0 Å². The van der Waals surface area contributed by atoms with Crippen LogP contribution in [-0.4, -0.2) is 23.5 Å². The number of amides is 1. The molecular formula is C15H14BrNO4. The number of rotatable bonds is 4. The highest BCUT2D eigenvalue weighted by Gasteiger charge is 2.50. The zero-order chi connectivity index (χ0) is 15.2. The molecule has 0 spiro atoms. The molecule has 110 valence electrons. The second kappa shape index (κ2) is 4.87. The standard InChI is InChI=1S/C15H14BrNO4/c1-8-4-9-6-11(21-12(9)10(16)5-8)13(18)17-7-15(2-3-15)14(19)20/h4-6H,2-3,7H2,1H3,(H,17,18)(H,19,20). The van der Waals surface area contributed by atoms with Crippen molar-refractivity contribution in [3.63, 3.8) is 0 Å². The number of carbonyl (C=O) groups is 2. The number of benzene rings is 1. The van der Waals surface area contributed by atoms with E-state index >= 15 is 0 Å². The van der Waals surface area contributed by atoms with Gasteiger partial charge in [-0.15, -0.1) is 0 Å². The second-order valence-corrected chi connectivity index (χ2v) is 6.40. The summed E-state index contributed by atoms with van der Waals surface area (Å²) in [4.78, 5) is 23.2. The van der Waals surface area contributed by atoms with E-state index in [-0.39, 0.29) is 18.2 Å². The minimum Gasteiger partial charge on any atom is -0.481 e. The van der Waals surface area contributed by atoms with E-state index in [0.29, 0.717) is 18.4 Å². The Labute approximate surface area is 129 Å². The lowest BCUT2D eigenvalue weighted by atomic mass is 10.1. The molecule has 0 bridgehead atoms. The zero-order valence-corrected chi connectivity index (χ0v) is 13.0. The molecule has 1 amide bonds. The molecule has 0 aliphatic heterocycles. The van der Waals surface area contributed by atoms with Crippen molar-refractivity contribution in [1.29, 1.82) is 0 Å². The number of hydrogen-bond acceptors (Lipinski definition) is 3. The molecular weight excluding hydrogens is 338 g/mol. The van der Waals surface area contributed by atoms with Crippen LogP contribution in [0.4, 0.5) is 0 Å². The number of fused-ring (bicyclic) bond motifs is 1. The average molecular weight is 352 g/mol. The van der Waals surface area contributed by atoms with Crippen molar-refractivity contribution in [1.82, 2.24) is 5.32 Å². The smallest absolute Gasteiger partial charge is 0.311 e. The van der Waals surface area contributed by atoms with Gasteiger partial charge in [-0.25, -0.2) is 0 Å². The van der Waals surface area contributed by atoms with Crippen molar-refractivity contribution >= 4 is 38.8 Å². The van der Waals surface area contributed by atoms with E-state index in [9.17, 15) is 9.59 Å². The van der Waals surface area contributed by atoms with Gasteiger partial charge in [0.1, 0.15) is 5.58 Å². The molecule has 1 aromatic carbocycles. The summed E-state index contributed by atoms with van der Waals surface area (Å²) in [6.45, 7) is 2.10. The molecule has 2 aromatic rings. The fourth-order valence-electron chi connectivity index (χ4n) is 2.32.